The fraction of sp³-hybridized carbons (Fsp3) is 0.636. The van der Waals surface area contributed by atoms with E-state index in [1.807, 2.05) is 0 Å². The number of rotatable bonds is 2. The zero-order chi connectivity index (χ0) is 10.8. The minimum absolute atomic E-state index is 0.0457. The van der Waals surface area contributed by atoms with Crippen LogP contribution in [0.1, 0.15) is 38.3 Å². The maximum atomic E-state index is 11.5. The standard InChI is InChI=1S/C11H17N3O/c1-8(2)9-7-10(15)13-11(12-9)14-5-3-4-6-14/h7-8H,3-6H2,1-2H3,(H,12,13,15). The molecule has 0 bridgehead atoms. The third kappa shape index (κ3) is 2.19. The highest BCUT2D eigenvalue weighted by atomic mass is 16.1. The van der Waals surface area contributed by atoms with Crippen LogP contribution in [0.25, 0.3) is 0 Å². The van der Waals surface area contributed by atoms with Crippen LogP contribution in [0.2, 0.25) is 0 Å². The maximum Gasteiger partial charge on any atom is 0.252 e. The van der Waals surface area contributed by atoms with E-state index in [0.29, 0.717) is 5.92 Å². The van der Waals surface area contributed by atoms with Gasteiger partial charge in [-0.05, 0) is 18.8 Å². The van der Waals surface area contributed by atoms with Crippen LogP contribution >= 0.6 is 0 Å². The molecule has 0 atom stereocenters. The van der Waals surface area contributed by atoms with Crippen LogP contribution in [0.3, 0.4) is 0 Å². The number of nitrogens with zero attached hydrogens (tertiary/aromatic N) is 2. The summed E-state index contributed by atoms with van der Waals surface area (Å²) in [6.07, 6.45) is 2.38. The first-order valence-electron chi connectivity index (χ1n) is 5.53. The molecular formula is C11H17N3O. The van der Waals surface area contributed by atoms with Crippen molar-refractivity contribution in [1.29, 1.82) is 0 Å². The number of hydrogen-bond donors (Lipinski definition) is 1. The molecule has 82 valence electrons. The van der Waals surface area contributed by atoms with Gasteiger partial charge in [0.2, 0.25) is 5.95 Å². The SMILES string of the molecule is CC(C)c1cc(=O)[nH]c(N2CCCC2)n1. The summed E-state index contributed by atoms with van der Waals surface area (Å²) in [4.78, 5) is 20.9. The molecule has 1 saturated heterocycles. The van der Waals surface area contributed by atoms with Gasteiger partial charge in [-0.3, -0.25) is 9.78 Å². The average molecular weight is 207 g/mol. The van der Waals surface area contributed by atoms with Crippen molar-refractivity contribution in [3.05, 3.63) is 22.1 Å². The number of H-pyrrole nitrogens is 1. The van der Waals surface area contributed by atoms with Crippen LogP contribution in [0.15, 0.2) is 10.9 Å². The van der Waals surface area contributed by atoms with Crippen LogP contribution in [0.5, 0.6) is 0 Å². The van der Waals surface area contributed by atoms with Gasteiger partial charge in [0.1, 0.15) is 0 Å². The van der Waals surface area contributed by atoms with Crippen LogP contribution in [-0.2, 0) is 0 Å². The molecule has 1 aromatic heterocycles. The van der Waals surface area contributed by atoms with E-state index >= 15 is 0 Å². The first-order chi connectivity index (χ1) is 7.16. The molecule has 0 amide bonds. The number of anilines is 1. The van der Waals surface area contributed by atoms with Crippen LogP contribution < -0.4 is 10.5 Å². The summed E-state index contributed by atoms with van der Waals surface area (Å²) in [7, 11) is 0. The summed E-state index contributed by atoms with van der Waals surface area (Å²) >= 11 is 0. The van der Waals surface area contributed by atoms with Gasteiger partial charge >= 0.3 is 0 Å². The van der Waals surface area contributed by atoms with Crippen molar-refractivity contribution in [2.75, 3.05) is 18.0 Å². The summed E-state index contributed by atoms with van der Waals surface area (Å²) in [5, 5.41) is 0. The van der Waals surface area contributed by atoms with Gasteiger partial charge in [0, 0.05) is 19.2 Å². The first kappa shape index (κ1) is 10.2. The second-order valence-corrected chi connectivity index (χ2v) is 4.34. The smallest absolute Gasteiger partial charge is 0.252 e. The number of aromatic amines is 1. The molecule has 1 aliphatic heterocycles. The lowest BCUT2D eigenvalue weighted by molar-refractivity contribution is 0.789. The van der Waals surface area contributed by atoms with Gasteiger partial charge in [-0.1, -0.05) is 13.8 Å². The Hall–Kier alpha value is -1.32. The largest absolute Gasteiger partial charge is 0.342 e. The molecule has 0 radical (unpaired) electrons. The summed E-state index contributed by atoms with van der Waals surface area (Å²) < 4.78 is 0. The minimum Gasteiger partial charge on any atom is -0.342 e. The van der Waals surface area contributed by atoms with E-state index in [2.05, 4.69) is 28.7 Å². The summed E-state index contributed by atoms with van der Waals surface area (Å²) in [6, 6.07) is 1.59. The number of nitrogens with one attached hydrogen (secondary N) is 1. The highest BCUT2D eigenvalue weighted by molar-refractivity contribution is 5.31. The van der Waals surface area contributed by atoms with Gasteiger partial charge in [0.15, 0.2) is 0 Å². The Balaban J connectivity index is 2.34. The lowest BCUT2D eigenvalue weighted by atomic mass is 10.1. The van der Waals surface area contributed by atoms with Crippen LogP contribution in [0.4, 0.5) is 5.95 Å². The molecule has 15 heavy (non-hydrogen) atoms. The molecule has 0 aliphatic carbocycles. The van der Waals surface area contributed by atoms with E-state index in [4.69, 9.17) is 0 Å². The quantitative estimate of drug-likeness (QED) is 0.799. The van der Waals surface area contributed by atoms with E-state index in [1.165, 1.54) is 12.8 Å². The van der Waals surface area contributed by atoms with Crippen molar-refractivity contribution in [2.24, 2.45) is 0 Å². The van der Waals surface area contributed by atoms with E-state index in [9.17, 15) is 4.79 Å². The van der Waals surface area contributed by atoms with Crippen molar-refractivity contribution in [1.82, 2.24) is 9.97 Å². The van der Waals surface area contributed by atoms with E-state index in [1.54, 1.807) is 6.07 Å². The van der Waals surface area contributed by atoms with Gasteiger partial charge in [-0.15, -0.1) is 0 Å². The maximum absolute atomic E-state index is 11.5. The monoisotopic (exact) mass is 207 g/mol. The normalized spacial score (nSPS) is 16.3. The molecular weight excluding hydrogens is 190 g/mol. The van der Waals surface area contributed by atoms with Gasteiger partial charge in [0.05, 0.1) is 5.69 Å². The number of hydrogen-bond acceptors (Lipinski definition) is 3. The second-order valence-electron chi connectivity index (χ2n) is 4.34. The first-order valence-corrected chi connectivity index (χ1v) is 5.53. The van der Waals surface area contributed by atoms with Crippen molar-refractivity contribution in [3.63, 3.8) is 0 Å². The van der Waals surface area contributed by atoms with E-state index in [-0.39, 0.29) is 5.56 Å². The summed E-state index contributed by atoms with van der Waals surface area (Å²) in [6.45, 7) is 6.11. The van der Waals surface area contributed by atoms with Gasteiger partial charge in [-0.2, -0.15) is 0 Å². The highest BCUT2D eigenvalue weighted by Gasteiger charge is 2.15. The molecule has 1 N–H and O–H groups in total. The molecule has 0 unspecified atom stereocenters. The average Bonchev–Trinajstić information content (AvgIpc) is 2.69. The molecule has 0 spiro atoms. The molecule has 2 heterocycles. The summed E-state index contributed by atoms with van der Waals surface area (Å²) in [5.41, 5.74) is 0.830. The predicted octanol–water partition coefficient (Wildman–Crippen LogP) is 1.49. The van der Waals surface area contributed by atoms with Crippen molar-refractivity contribution in [2.45, 2.75) is 32.6 Å². The molecule has 1 fully saturated rings. The predicted molar refractivity (Wildman–Crippen MR) is 60.4 cm³/mol. The van der Waals surface area contributed by atoms with Gasteiger partial charge < -0.3 is 4.90 Å². The number of aromatic nitrogens is 2. The Morgan fingerprint density at radius 2 is 2.07 bits per heavy atom. The fourth-order valence-electron chi connectivity index (χ4n) is 1.84. The molecule has 2 rings (SSSR count). The molecule has 1 aromatic rings. The van der Waals surface area contributed by atoms with Crippen molar-refractivity contribution in [3.8, 4) is 0 Å². The zero-order valence-electron chi connectivity index (χ0n) is 9.29. The Labute approximate surface area is 89.3 Å². The Bertz CT molecular complexity index is 391. The third-order valence-corrected chi connectivity index (χ3v) is 2.75. The lowest BCUT2D eigenvalue weighted by Crippen LogP contribution is -2.24. The van der Waals surface area contributed by atoms with Gasteiger partial charge in [-0.25, -0.2) is 4.98 Å². The zero-order valence-corrected chi connectivity index (χ0v) is 9.29. The second kappa shape index (κ2) is 4.04. The molecule has 0 saturated carbocycles. The minimum atomic E-state index is -0.0457. The van der Waals surface area contributed by atoms with Crippen LogP contribution in [-0.4, -0.2) is 23.1 Å². The molecule has 1 aliphatic rings. The molecule has 4 nitrogen and oxygen atoms in total. The molecule has 0 aromatic carbocycles. The fourth-order valence-corrected chi connectivity index (χ4v) is 1.84. The van der Waals surface area contributed by atoms with Crippen LogP contribution in [0, 0.1) is 0 Å². The van der Waals surface area contributed by atoms with Gasteiger partial charge in [0.25, 0.3) is 5.56 Å². The Kier molecular flexibility index (Phi) is 2.75. The summed E-state index contributed by atoms with van der Waals surface area (Å²) in [5.74, 6) is 1.04. The van der Waals surface area contributed by atoms with E-state index < -0.39 is 0 Å². The highest BCUT2D eigenvalue weighted by Crippen LogP contribution is 2.16. The molecule has 4 heteroatoms. The van der Waals surface area contributed by atoms with E-state index in [0.717, 1.165) is 24.7 Å². The third-order valence-electron chi connectivity index (χ3n) is 2.75. The van der Waals surface area contributed by atoms with Crippen molar-refractivity contribution < 1.29 is 0 Å². The Morgan fingerprint density at radius 3 is 2.67 bits per heavy atom. The lowest BCUT2D eigenvalue weighted by Gasteiger charge is -2.16. The topological polar surface area (TPSA) is 49.0 Å². The van der Waals surface area contributed by atoms with Crippen molar-refractivity contribution >= 4 is 5.95 Å². The Morgan fingerprint density at radius 1 is 1.40 bits per heavy atom.